The zero-order valence-electron chi connectivity index (χ0n) is 23.9. The molecule has 1 aromatic carbocycles. The Balaban J connectivity index is 1.59. The first kappa shape index (κ1) is 28.2. The average Bonchev–Trinajstić information content (AvgIpc) is 3.21. The zero-order valence-corrected chi connectivity index (χ0v) is 23.9. The minimum atomic E-state index is -0.120. The van der Waals surface area contributed by atoms with Crippen molar-refractivity contribution in [1.82, 2.24) is 4.90 Å². The Labute approximate surface area is 228 Å². The van der Waals surface area contributed by atoms with Gasteiger partial charge in [0.05, 0.1) is 18.9 Å². The largest absolute Gasteiger partial charge is 0.493 e. The summed E-state index contributed by atoms with van der Waals surface area (Å²) in [6, 6.07) is 5.85. The van der Waals surface area contributed by atoms with Gasteiger partial charge in [-0.2, -0.15) is 0 Å². The molecule has 5 nitrogen and oxygen atoms in total. The predicted molar refractivity (Wildman–Crippen MR) is 153 cm³/mol. The second kappa shape index (κ2) is 11.9. The van der Waals surface area contributed by atoms with Crippen molar-refractivity contribution in [2.24, 2.45) is 5.92 Å². The minimum Gasteiger partial charge on any atom is -0.493 e. The fourth-order valence-corrected chi connectivity index (χ4v) is 5.52. The topological polar surface area (TPSA) is 59.0 Å². The fraction of sp³-hybridized carbons (Fsp3) is 0.545. The van der Waals surface area contributed by atoms with Crippen molar-refractivity contribution in [2.45, 2.75) is 97.5 Å². The number of benzene rings is 1. The summed E-state index contributed by atoms with van der Waals surface area (Å²) in [5, 5.41) is 9.13. The van der Waals surface area contributed by atoms with Gasteiger partial charge in [-0.25, -0.2) is 0 Å². The molecular formula is C33H45NO4. The van der Waals surface area contributed by atoms with Gasteiger partial charge in [0.15, 0.2) is 5.78 Å². The Morgan fingerprint density at radius 1 is 1.13 bits per heavy atom. The molecule has 1 aromatic rings. The molecule has 1 aliphatic carbocycles. The first-order chi connectivity index (χ1) is 18.2. The number of aliphatic hydroxyl groups is 1. The normalized spacial score (nSPS) is 19.3. The van der Waals surface area contributed by atoms with E-state index >= 15 is 0 Å². The smallest absolute Gasteiger partial charge is 0.164 e. The highest BCUT2D eigenvalue weighted by atomic mass is 16.5. The number of Topliss-reactive ketones (excluding diaryl/α,β-unsaturated/α-hetero) is 1. The van der Waals surface area contributed by atoms with E-state index in [0.717, 1.165) is 42.7 Å². The summed E-state index contributed by atoms with van der Waals surface area (Å²) in [6.45, 7) is 15.7. The Kier molecular flexibility index (Phi) is 8.87. The second-order valence-electron chi connectivity index (χ2n) is 11.8. The molecule has 0 saturated carbocycles. The predicted octanol–water partition coefficient (Wildman–Crippen LogP) is 7.58. The lowest BCUT2D eigenvalue weighted by atomic mass is 9.84. The number of carbonyl (C=O) groups is 1. The lowest BCUT2D eigenvalue weighted by Crippen LogP contribution is -2.24. The molecule has 0 spiro atoms. The highest BCUT2D eigenvalue weighted by molar-refractivity contribution is 5.97. The van der Waals surface area contributed by atoms with Gasteiger partial charge < -0.3 is 19.5 Å². The van der Waals surface area contributed by atoms with Crippen molar-refractivity contribution >= 4 is 5.78 Å². The van der Waals surface area contributed by atoms with Crippen LogP contribution in [0.5, 0.6) is 5.75 Å². The lowest BCUT2D eigenvalue weighted by Gasteiger charge is -2.34. The van der Waals surface area contributed by atoms with Gasteiger partial charge in [-0.3, -0.25) is 4.79 Å². The standard InChI is InChI=1S/C33H45NO4/c1-7-26(8-2)38-32-21-34-22(3)23(18-30(34)28-12-9-10-13-29(28)32)19-31(36)24-16-25(33(4,5)6)20-27(17-24)37-15-11-14-35/h16-18,20-21,23,26,35H,3,7-15,19H2,1-2,4-6H3. The number of rotatable bonds is 11. The van der Waals surface area contributed by atoms with Crippen LogP contribution in [0, 0.1) is 5.92 Å². The maximum Gasteiger partial charge on any atom is 0.164 e. The Morgan fingerprint density at radius 2 is 1.84 bits per heavy atom. The number of hydrogen-bond acceptors (Lipinski definition) is 5. The third-order valence-electron chi connectivity index (χ3n) is 7.95. The molecule has 4 rings (SSSR count). The van der Waals surface area contributed by atoms with Gasteiger partial charge in [-0.15, -0.1) is 0 Å². The van der Waals surface area contributed by atoms with Crippen molar-refractivity contribution in [3.05, 3.63) is 76.5 Å². The van der Waals surface area contributed by atoms with Gasteiger partial charge in [0.2, 0.25) is 0 Å². The second-order valence-corrected chi connectivity index (χ2v) is 11.8. The van der Waals surface area contributed by atoms with Crippen molar-refractivity contribution in [3.8, 4) is 5.75 Å². The van der Waals surface area contributed by atoms with Crippen LogP contribution in [0.1, 0.15) is 102 Å². The summed E-state index contributed by atoms with van der Waals surface area (Å²) < 4.78 is 12.4. The molecule has 1 N–H and O–H groups in total. The van der Waals surface area contributed by atoms with E-state index < -0.39 is 0 Å². The number of allylic oxidation sites excluding steroid dienone is 3. The molecule has 0 bridgehead atoms. The first-order valence-corrected chi connectivity index (χ1v) is 14.4. The first-order valence-electron chi connectivity index (χ1n) is 14.4. The summed E-state index contributed by atoms with van der Waals surface area (Å²) in [7, 11) is 0. The molecule has 206 valence electrons. The fourth-order valence-electron chi connectivity index (χ4n) is 5.52. The summed E-state index contributed by atoms with van der Waals surface area (Å²) in [6.07, 6.45) is 11.9. The van der Waals surface area contributed by atoms with Crippen LogP contribution in [0.25, 0.3) is 0 Å². The Bertz CT molecular complexity index is 1150. The highest BCUT2D eigenvalue weighted by Crippen LogP contribution is 2.46. The van der Waals surface area contributed by atoms with E-state index in [1.165, 1.54) is 29.7 Å². The maximum absolute atomic E-state index is 13.6. The summed E-state index contributed by atoms with van der Waals surface area (Å²) in [5.41, 5.74) is 6.44. The van der Waals surface area contributed by atoms with Gasteiger partial charge in [0.25, 0.3) is 0 Å². The summed E-state index contributed by atoms with van der Waals surface area (Å²) in [5.74, 6) is 1.69. The van der Waals surface area contributed by atoms with Crippen molar-refractivity contribution in [1.29, 1.82) is 0 Å². The van der Waals surface area contributed by atoms with Crippen LogP contribution in [0.2, 0.25) is 0 Å². The van der Waals surface area contributed by atoms with Gasteiger partial charge in [0, 0.05) is 47.9 Å². The maximum atomic E-state index is 13.6. The van der Waals surface area contributed by atoms with Crippen molar-refractivity contribution in [2.75, 3.05) is 13.2 Å². The molecule has 0 fully saturated rings. The van der Waals surface area contributed by atoms with Gasteiger partial charge >= 0.3 is 0 Å². The van der Waals surface area contributed by atoms with Gasteiger partial charge in [-0.05, 0) is 73.3 Å². The van der Waals surface area contributed by atoms with Crippen LogP contribution in [0.3, 0.4) is 0 Å². The zero-order chi connectivity index (χ0) is 27.4. The molecule has 2 aliphatic heterocycles. The van der Waals surface area contributed by atoms with E-state index in [4.69, 9.17) is 14.6 Å². The molecule has 0 aromatic heterocycles. The van der Waals surface area contributed by atoms with Crippen molar-refractivity contribution in [3.63, 3.8) is 0 Å². The number of hydrogen-bond donors (Lipinski definition) is 1. The van der Waals surface area contributed by atoms with Gasteiger partial charge in [0.1, 0.15) is 11.5 Å². The number of nitrogens with zero attached hydrogens (tertiary/aromatic N) is 1. The highest BCUT2D eigenvalue weighted by Gasteiger charge is 2.36. The van der Waals surface area contributed by atoms with Crippen molar-refractivity contribution < 1.29 is 19.4 Å². The molecule has 1 atom stereocenters. The molecule has 38 heavy (non-hydrogen) atoms. The third-order valence-corrected chi connectivity index (χ3v) is 7.95. The molecule has 5 heteroatoms. The number of fused-ring (bicyclic) bond motifs is 2. The Hall–Kier alpha value is -2.79. The molecule has 2 heterocycles. The van der Waals surface area contributed by atoms with E-state index in [1.807, 2.05) is 18.2 Å². The van der Waals surface area contributed by atoms with E-state index in [-0.39, 0.29) is 29.8 Å². The number of ether oxygens (including phenoxy) is 2. The summed E-state index contributed by atoms with van der Waals surface area (Å²) >= 11 is 0. The Morgan fingerprint density at radius 3 is 2.50 bits per heavy atom. The SMILES string of the molecule is C=C1C(CC(=O)c2cc(OCCCO)cc(C(C)(C)C)c2)C=C2C3=C(CCCC3)C(OC(CC)CC)=CN12. The minimum absolute atomic E-state index is 0.0611. The third kappa shape index (κ3) is 6.09. The van der Waals surface area contributed by atoms with Gasteiger partial charge in [-0.1, -0.05) is 47.3 Å². The van der Waals surface area contributed by atoms with E-state index in [0.29, 0.717) is 30.8 Å². The molecular weight excluding hydrogens is 474 g/mol. The van der Waals surface area contributed by atoms with Crippen LogP contribution < -0.4 is 4.74 Å². The molecule has 3 aliphatic rings. The molecule has 0 radical (unpaired) electrons. The van der Waals surface area contributed by atoms with E-state index in [9.17, 15) is 4.79 Å². The van der Waals surface area contributed by atoms with Crippen LogP contribution in [-0.2, 0) is 10.2 Å². The van der Waals surface area contributed by atoms with Crippen LogP contribution in [0.15, 0.2) is 65.4 Å². The molecule has 1 unspecified atom stereocenters. The van der Waals surface area contributed by atoms with Crippen LogP contribution >= 0.6 is 0 Å². The number of carbonyl (C=O) groups excluding carboxylic acids is 1. The molecule has 0 amide bonds. The average molecular weight is 520 g/mol. The quantitative estimate of drug-likeness (QED) is 0.241. The van der Waals surface area contributed by atoms with E-state index in [1.54, 1.807) is 0 Å². The van der Waals surface area contributed by atoms with E-state index in [2.05, 4.69) is 58.4 Å². The lowest BCUT2D eigenvalue weighted by molar-refractivity contribution is 0.0972. The summed E-state index contributed by atoms with van der Waals surface area (Å²) in [4.78, 5) is 15.8. The monoisotopic (exact) mass is 519 g/mol. The number of ketones is 1. The van der Waals surface area contributed by atoms with Crippen LogP contribution in [-0.4, -0.2) is 35.1 Å². The number of aliphatic hydroxyl groups excluding tert-OH is 1. The van der Waals surface area contributed by atoms with Crippen LogP contribution in [0.4, 0.5) is 0 Å². The molecule has 0 saturated heterocycles.